The van der Waals surface area contributed by atoms with E-state index in [-0.39, 0.29) is 5.54 Å². The predicted molar refractivity (Wildman–Crippen MR) is 54.1 cm³/mol. The number of tetrazole rings is 1. The zero-order valence-corrected chi connectivity index (χ0v) is 9.17. The molecule has 0 N–H and O–H groups in total. The smallest absolute Gasteiger partial charge is 0.166 e. The van der Waals surface area contributed by atoms with E-state index in [4.69, 9.17) is 11.6 Å². The van der Waals surface area contributed by atoms with Crippen LogP contribution in [0.2, 0.25) is 0 Å². The van der Waals surface area contributed by atoms with Gasteiger partial charge >= 0.3 is 0 Å². The second-order valence-corrected chi connectivity index (χ2v) is 4.19. The van der Waals surface area contributed by atoms with E-state index in [1.165, 1.54) is 25.7 Å². The van der Waals surface area contributed by atoms with Crippen molar-refractivity contribution >= 4 is 11.6 Å². The number of hydrogen-bond donors (Lipinski definition) is 0. The minimum atomic E-state index is 0.147. The molecule has 0 radical (unpaired) electrons. The van der Waals surface area contributed by atoms with Crippen molar-refractivity contribution in [2.75, 3.05) is 0 Å². The summed E-state index contributed by atoms with van der Waals surface area (Å²) in [5.74, 6) is 1.20. The van der Waals surface area contributed by atoms with E-state index < -0.39 is 0 Å². The van der Waals surface area contributed by atoms with Crippen LogP contribution in [0.5, 0.6) is 0 Å². The van der Waals surface area contributed by atoms with E-state index >= 15 is 0 Å². The Kier molecular flexibility index (Phi) is 2.72. The van der Waals surface area contributed by atoms with E-state index in [9.17, 15) is 0 Å². The molecular weight excluding hydrogens is 200 g/mol. The number of aromatic nitrogens is 4. The highest BCUT2D eigenvalue weighted by Gasteiger charge is 2.36. The maximum atomic E-state index is 5.81. The van der Waals surface area contributed by atoms with Gasteiger partial charge in [0, 0.05) is 0 Å². The molecule has 0 saturated heterocycles. The molecule has 1 aliphatic rings. The van der Waals surface area contributed by atoms with Gasteiger partial charge in [-0.25, -0.2) is 4.68 Å². The fourth-order valence-corrected chi connectivity index (χ4v) is 2.57. The summed E-state index contributed by atoms with van der Waals surface area (Å²) in [6.07, 6.45) is 5.99. The van der Waals surface area contributed by atoms with Gasteiger partial charge in [0.25, 0.3) is 0 Å². The molecule has 1 aromatic rings. The summed E-state index contributed by atoms with van der Waals surface area (Å²) in [6.45, 7) is 2.20. The van der Waals surface area contributed by atoms with Crippen molar-refractivity contribution < 1.29 is 0 Å². The van der Waals surface area contributed by atoms with Crippen molar-refractivity contribution in [1.29, 1.82) is 0 Å². The molecular formula is C9H15ClN4. The number of rotatable bonds is 3. The van der Waals surface area contributed by atoms with E-state index in [1.807, 2.05) is 4.68 Å². The van der Waals surface area contributed by atoms with Crippen LogP contribution >= 0.6 is 11.6 Å². The first kappa shape index (κ1) is 9.90. The molecule has 2 rings (SSSR count). The van der Waals surface area contributed by atoms with E-state index in [2.05, 4.69) is 22.4 Å². The predicted octanol–water partition coefficient (Wildman–Crippen LogP) is 2.09. The van der Waals surface area contributed by atoms with Gasteiger partial charge < -0.3 is 0 Å². The number of alkyl halides is 1. The molecule has 0 aliphatic heterocycles. The first-order valence-electron chi connectivity index (χ1n) is 5.16. The summed E-state index contributed by atoms with van der Waals surface area (Å²) in [7, 11) is 0. The van der Waals surface area contributed by atoms with Crippen molar-refractivity contribution in [2.45, 2.75) is 50.4 Å². The summed E-state index contributed by atoms with van der Waals surface area (Å²) in [4.78, 5) is 0. The lowest BCUT2D eigenvalue weighted by Gasteiger charge is -2.27. The Bertz CT molecular complexity index is 304. The first-order chi connectivity index (χ1) is 6.82. The van der Waals surface area contributed by atoms with Gasteiger partial charge in [0.15, 0.2) is 5.82 Å². The molecule has 14 heavy (non-hydrogen) atoms. The quantitative estimate of drug-likeness (QED) is 0.724. The van der Waals surface area contributed by atoms with Crippen LogP contribution in [0, 0.1) is 0 Å². The molecule has 1 aromatic heterocycles. The average molecular weight is 215 g/mol. The van der Waals surface area contributed by atoms with Crippen LogP contribution in [-0.2, 0) is 11.4 Å². The molecule has 1 fully saturated rings. The van der Waals surface area contributed by atoms with Gasteiger partial charge in [-0.3, -0.25) is 0 Å². The highest BCUT2D eigenvalue weighted by molar-refractivity contribution is 6.16. The molecule has 0 aromatic carbocycles. The molecule has 0 spiro atoms. The second kappa shape index (κ2) is 3.85. The third-order valence-corrected chi connectivity index (χ3v) is 3.53. The molecule has 1 aliphatic carbocycles. The Morgan fingerprint density at radius 1 is 1.43 bits per heavy atom. The lowest BCUT2D eigenvalue weighted by molar-refractivity contribution is 0.241. The van der Waals surface area contributed by atoms with Crippen LogP contribution in [0.25, 0.3) is 0 Å². The standard InChI is InChI=1S/C9H15ClN4/c1-2-9(5-3-4-6-9)14-8(7-10)11-12-13-14/h2-7H2,1H3. The summed E-state index contributed by atoms with van der Waals surface area (Å²) >= 11 is 5.81. The Morgan fingerprint density at radius 2 is 2.14 bits per heavy atom. The maximum absolute atomic E-state index is 5.81. The first-order valence-corrected chi connectivity index (χ1v) is 5.69. The Balaban J connectivity index is 2.35. The summed E-state index contributed by atoms with van der Waals surface area (Å²) in [6, 6.07) is 0. The molecule has 78 valence electrons. The van der Waals surface area contributed by atoms with Crippen molar-refractivity contribution in [3.05, 3.63) is 5.82 Å². The molecule has 1 heterocycles. The Labute approximate surface area is 88.6 Å². The molecule has 0 atom stereocenters. The SMILES string of the molecule is CCC1(n2nnnc2CCl)CCCC1. The van der Waals surface area contributed by atoms with Gasteiger partial charge in [0.05, 0.1) is 11.4 Å². The normalized spacial score (nSPS) is 20.1. The lowest BCUT2D eigenvalue weighted by atomic mass is 9.94. The van der Waals surface area contributed by atoms with E-state index in [0.29, 0.717) is 5.88 Å². The molecule has 5 heteroatoms. The van der Waals surface area contributed by atoms with Crippen LogP contribution in [0.3, 0.4) is 0 Å². The van der Waals surface area contributed by atoms with Crippen LogP contribution in [-0.4, -0.2) is 20.2 Å². The lowest BCUT2D eigenvalue weighted by Crippen LogP contribution is -2.32. The largest absolute Gasteiger partial charge is 0.222 e. The number of hydrogen-bond acceptors (Lipinski definition) is 3. The number of halogens is 1. The third kappa shape index (κ3) is 1.41. The van der Waals surface area contributed by atoms with Crippen LogP contribution < -0.4 is 0 Å². The fraction of sp³-hybridized carbons (Fsp3) is 0.889. The number of nitrogens with zero attached hydrogens (tertiary/aromatic N) is 4. The Hall–Kier alpha value is -0.640. The minimum absolute atomic E-state index is 0.147. The summed E-state index contributed by atoms with van der Waals surface area (Å²) < 4.78 is 1.95. The van der Waals surface area contributed by atoms with Gasteiger partial charge in [0.2, 0.25) is 0 Å². The summed E-state index contributed by atoms with van der Waals surface area (Å²) in [5.41, 5.74) is 0.147. The van der Waals surface area contributed by atoms with Gasteiger partial charge in [-0.05, 0) is 29.7 Å². The van der Waals surface area contributed by atoms with Crippen molar-refractivity contribution in [3.63, 3.8) is 0 Å². The van der Waals surface area contributed by atoms with Gasteiger partial charge in [-0.15, -0.1) is 16.7 Å². The van der Waals surface area contributed by atoms with Gasteiger partial charge in [0.1, 0.15) is 0 Å². The maximum Gasteiger partial charge on any atom is 0.166 e. The van der Waals surface area contributed by atoms with Crippen LogP contribution in [0.4, 0.5) is 0 Å². The van der Waals surface area contributed by atoms with Crippen molar-refractivity contribution in [1.82, 2.24) is 20.2 Å². The molecule has 4 nitrogen and oxygen atoms in total. The highest BCUT2D eigenvalue weighted by atomic mass is 35.5. The zero-order valence-electron chi connectivity index (χ0n) is 8.41. The van der Waals surface area contributed by atoms with Crippen LogP contribution in [0.1, 0.15) is 44.9 Å². The highest BCUT2D eigenvalue weighted by Crippen LogP contribution is 2.39. The molecule has 0 bridgehead atoms. The second-order valence-electron chi connectivity index (χ2n) is 3.93. The van der Waals surface area contributed by atoms with E-state index in [0.717, 1.165) is 12.2 Å². The van der Waals surface area contributed by atoms with Crippen LogP contribution in [0.15, 0.2) is 0 Å². The molecule has 1 saturated carbocycles. The summed E-state index contributed by atoms with van der Waals surface area (Å²) in [5, 5.41) is 11.7. The topological polar surface area (TPSA) is 43.6 Å². The fourth-order valence-electron chi connectivity index (χ4n) is 2.41. The van der Waals surface area contributed by atoms with Gasteiger partial charge in [-0.1, -0.05) is 19.8 Å². The third-order valence-electron chi connectivity index (χ3n) is 3.30. The van der Waals surface area contributed by atoms with Crippen molar-refractivity contribution in [3.8, 4) is 0 Å². The zero-order chi connectivity index (χ0) is 10.0. The van der Waals surface area contributed by atoms with Crippen molar-refractivity contribution in [2.24, 2.45) is 0 Å². The van der Waals surface area contributed by atoms with E-state index in [1.54, 1.807) is 0 Å². The van der Waals surface area contributed by atoms with Gasteiger partial charge in [-0.2, -0.15) is 0 Å². The monoisotopic (exact) mass is 214 g/mol. The Morgan fingerprint density at radius 3 is 2.71 bits per heavy atom. The minimum Gasteiger partial charge on any atom is -0.222 e. The average Bonchev–Trinajstić information content (AvgIpc) is 2.86. The molecule has 0 amide bonds. The molecule has 0 unspecified atom stereocenters.